The van der Waals surface area contributed by atoms with Gasteiger partial charge in [-0.1, -0.05) is 26.6 Å². The molecule has 1 atom stereocenters. The van der Waals surface area contributed by atoms with E-state index in [0.29, 0.717) is 0 Å². The monoisotopic (exact) mass is 148 g/mol. The lowest BCUT2D eigenvalue weighted by molar-refractivity contribution is -0.0523. The molecule has 0 aliphatic carbocycles. The van der Waals surface area contributed by atoms with Gasteiger partial charge in [0.1, 0.15) is 7.85 Å². The lowest BCUT2D eigenvalue weighted by Crippen LogP contribution is -2.24. The van der Waals surface area contributed by atoms with Gasteiger partial charge >= 0.3 is 0 Å². The van der Waals surface area contributed by atoms with Crippen LogP contribution in [0.3, 0.4) is 0 Å². The van der Waals surface area contributed by atoms with Crippen LogP contribution in [0, 0.1) is 5.92 Å². The Morgan fingerprint density at radius 2 is 1.70 bits per heavy atom. The Hall–Kier alpha value is -0.0751. The Bertz CT molecular complexity index is 99.8. The summed E-state index contributed by atoms with van der Waals surface area (Å²) in [5, 5.41) is 0. The molecular weight excluding hydrogens is 133 g/mol. The smallest absolute Gasteiger partial charge is 0.207 e. The van der Waals surface area contributed by atoms with Crippen molar-refractivity contribution in [1.29, 1.82) is 0 Å². The zero-order chi connectivity index (χ0) is 8.36. The van der Waals surface area contributed by atoms with Gasteiger partial charge in [0.05, 0.1) is 0 Å². The third-order valence-corrected chi connectivity index (χ3v) is 1.53. The van der Waals surface area contributed by atoms with E-state index in [1.165, 1.54) is 0 Å². The van der Waals surface area contributed by atoms with Gasteiger partial charge in [0, 0.05) is 12.3 Å². The molecular formula is C7H15BF2. The number of halogens is 2. The molecule has 0 radical (unpaired) electrons. The average molecular weight is 148 g/mol. The van der Waals surface area contributed by atoms with Gasteiger partial charge in [-0.3, -0.25) is 0 Å². The largest absolute Gasteiger partial charge is 0.249 e. The van der Waals surface area contributed by atoms with Gasteiger partial charge in [-0.05, 0) is 0 Å². The first-order chi connectivity index (χ1) is 4.36. The van der Waals surface area contributed by atoms with Crippen LogP contribution in [0.25, 0.3) is 0 Å². The van der Waals surface area contributed by atoms with Gasteiger partial charge in [-0.2, -0.15) is 0 Å². The summed E-state index contributed by atoms with van der Waals surface area (Å²) >= 11 is 0. The van der Waals surface area contributed by atoms with E-state index in [4.69, 9.17) is 0 Å². The van der Waals surface area contributed by atoms with Crippen LogP contribution in [-0.2, 0) is 0 Å². The molecule has 0 aromatic carbocycles. The van der Waals surface area contributed by atoms with Crippen LogP contribution in [-0.4, -0.2) is 13.8 Å². The highest BCUT2D eigenvalue weighted by Crippen LogP contribution is 2.31. The van der Waals surface area contributed by atoms with E-state index in [1.54, 1.807) is 13.8 Å². The summed E-state index contributed by atoms with van der Waals surface area (Å²) in [4.78, 5) is 0. The zero-order valence-electron chi connectivity index (χ0n) is 7.12. The minimum absolute atomic E-state index is 0.00463. The highest BCUT2D eigenvalue weighted by atomic mass is 19.3. The second kappa shape index (κ2) is 3.36. The van der Waals surface area contributed by atoms with Crippen LogP contribution in [0.2, 0.25) is 5.82 Å². The summed E-state index contributed by atoms with van der Waals surface area (Å²) in [6.45, 7) is 4.93. The molecule has 0 spiro atoms. The molecule has 0 heterocycles. The first-order valence-electron chi connectivity index (χ1n) is 3.74. The molecule has 1 unspecified atom stereocenters. The molecule has 0 saturated carbocycles. The predicted octanol–water partition coefficient (Wildman–Crippen LogP) is 2.11. The van der Waals surface area contributed by atoms with Crippen molar-refractivity contribution in [3.63, 3.8) is 0 Å². The lowest BCUT2D eigenvalue weighted by Gasteiger charge is -2.21. The normalized spacial score (nSPS) is 15.8. The molecule has 3 heteroatoms. The van der Waals surface area contributed by atoms with Crippen LogP contribution in [0.1, 0.15) is 27.2 Å². The summed E-state index contributed by atoms with van der Waals surface area (Å²) in [5.74, 6) is -2.93. The van der Waals surface area contributed by atoms with E-state index >= 15 is 0 Å². The molecule has 0 saturated heterocycles. The van der Waals surface area contributed by atoms with Crippen molar-refractivity contribution in [2.24, 2.45) is 5.92 Å². The minimum Gasteiger partial charge on any atom is -0.207 e. The lowest BCUT2D eigenvalue weighted by atomic mass is 9.82. The van der Waals surface area contributed by atoms with Gasteiger partial charge in [-0.25, -0.2) is 8.78 Å². The second-order valence-electron chi connectivity index (χ2n) is 3.51. The third-order valence-electron chi connectivity index (χ3n) is 1.53. The Balaban J connectivity index is 3.87. The maximum absolute atomic E-state index is 12.8. The summed E-state index contributed by atoms with van der Waals surface area (Å²) in [6.07, 6.45) is 0.00463. The van der Waals surface area contributed by atoms with E-state index in [-0.39, 0.29) is 12.2 Å². The molecule has 0 N–H and O–H groups in total. The summed E-state index contributed by atoms with van der Waals surface area (Å²) in [5.41, 5.74) is 0. The molecule has 0 bridgehead atoms. The SMILES string of the molecule is BC(C)CC(F)(F)C(C)C. The first kappa shape index (κ1) is 9.92. The third kappa shape index (κ3) is 3.18. The van der Waals surface area contributed by atoms with Gasteiger partial charge in [-0.15, -0.1) is 0 Å². The number of hydrogen-bond donors (Lipinski definition) is 0. The Morgan fingerprint density at radius 1 is 1.30 bits per heavy atom. The van der Waals surface area contributed by atoms with Crippen molar-refractivity contribution in [1.82, 2.24) is 0 Å². The molecule has 0 amide bonds. The van der Waals surface area contributed by atoms with Gasteiger partial charge < -0.3 is 0 Å². The molecule has 0 aromatic rings. The van der Waals surface area contributed by atoms with Crippen LogP contribution in [0.5, 0.6) is 0 Å². The molecule has 0 aliphatic rings. The maximum atomic E-state index is 12.8. The molecule has 10 heavy (non-hydrogen) atoms. The molecule has 60 valence electrons. The molecule has 0 aliphatic heterocycles. The van der Waals surface area contributed by atoms with Crippen LogP contribution >= 0.6 is 0 Å². The predicted molar refractivity (Wildman–Crippen MR) is 42.4 cm³/mol. The average Bonchev–Trinajstić information content (AvgIpc) is 1.60. The highest BCUT2D eigenvalue weighted by molar-refractivity contribution is 6.11. The van der Waals surface area contributed by atoms with Crippen molar-refractivity contribution in [3.8, 4) is 0 Å². The Kier molecular flexibility index (Phi) is 3.33. The number of rotatable bonds is 3. The molecule has 0 fully saturated rings. The van der Waals surface area contributed by atoms with Crippen molar-refractivity contribution < 1.29 is 8.78 Å². The molecule has 0 rings (SSSR count). The van der Waals surface area contributed by atoms with Crippen molar-refractivity contribution in [3.05, 3.63) is 0 Å². The van der Waals surface area contributed by atoms with Crippen molar-refractivity contribution in [2.45, 2.75) is 38.9 Å². The van der Waals surface area contributed by atoms with E-state index in [1.807, 2.05) is 14.8 Å². The van der Waals surface area contributed by atoms with E-state index in [9.17, 15) is 8.78 Å². The standard InChI is InChI=1S/C7H15BF2/c1-5(2)7(9,10)4-6(3)8/h5-6H,4,8H2,1-3H3. The summed E-state index contributed by atoms with van der Waals surface area (Å²) < 4.78 is 25.6. The fraction of sp³-hybridized carbons (Fsp3) is 1.00. The Labute approximate surface area is 62.4 Å². The van der Waals surface area contributed by atoms with Crippen molar-refractivity contribution in [2.75, 3.05) is 0 Å². The first-order valence-corrected chi connectivity index (χ1v) is 3.74. The van der Waals surface area contributed by atoms with Crippen molar-refractivity contribution >= 4 is 7.85 Å². The topological polar surface area (TPSA) is 0 Å². The van der Waals surface area contributed by atoms with Gasteiger partial charge in [0.2, 0.25) is 5.92 Å². The molecule has 0 aromatic heterocycles. The second-order valence-corrected chi connectivity index (χ2v) is 3.51. The van der Waals surface area contributed by atoms with Crippen LogP contribution < -0.4 is 0 Å². The van der Waals surface area contributed by atoms with Crippen LogP contribution in [0.4, 0.5) is 8.78 Å². The van der Waals surface area contributed by atoms with Crippen LogP contribution in [0.15, 0.2) is 0 Å². The zero-order valence-corrected chi connectivity index (χ0v) is 7.12. The minimum atomic E-state index is -2.48. The Morgan fingerprint density at radius 3 is 1.80 bits per heavy atom. The quantitative estimate of drug-likeness (QED) is 0.537. The molecule has 0 nitrogen and oxygen atoms in total. The maximum Gasteiger partial charge on any atom is 0.249 e. The summed E-state index contributed by atoms with van der Waals surface area (Å²) in [6, 6.07) is 0. The fourth-order valence-electron chi connectivity index (χ4n) is 0.780. The van der Waals surface area contributed by atoms with Gasteiger partial charge in [0.15, 0.2) is 0 Å². The summed E-state index contributed by atoms with van der Waals surface area (Å²) in [7, 11) is 1.82. The van der Waals surface area contributed by atoms with E-state index < -0.39 is 11.8 Å². The number of alkyl halides is 2. The van der Waals surface area contributed by atoms with Gasteiger partial charge in [0.25, 0.3) is 0 Å². The highest BCUT2D eigenvalue weighted by Gasteiger charge is 2.33. The fourth-order valence-corrected chi connectivity index (χ4v) is 0.780. The van der Waals surface area contributed by atoms with E-state index in [0.717, 1.165) is 0 Å². The number of hydrogen-bond acceptors (Lipinski definition) is 0. The van der Waals surface area contributed by atoms with E-state index in [2.05, 4.69) is 0 Å².